The molecule has 0 saturated carbocycles. The van der Waals surface area contributed by atoms with Gasteiger partial charge in [0.1, 0.15) is 5.69 Å². The maximum Gasteiger partial charge on any atom is 0.267 e. The third-order valence-electron chi connectivity index (χ3n) is 2.16. The molecule has 0 bridgehead atoms. The molecule has 80 valence electrons. The zero-order valence-corrected chi connectivity index (χ0v) is 8.29. The Labute approximate surface area is 90.9 Å². The van der Waals surface area contributed by atoms with Crippen LogP contribution in [0, 0.1) is 10.1 Å². The largest absolute Gasteiger partial charge is 0.285 e. The van der Waals surface area contributed by atoms with Crippen LogP contribution in [0.3, 0.4) is 0 Å². The third-order valence-corrected chi connectivity index (χ3v) is 2.16. The molecule has 0 aliphatic rings. The SMILES string of the molecule is O=C(C[N+](=O)[O-])c1ccc2ccccc2n1. The Balaban J connectivity index is 2.39. The molecule has 0 fully saturated rings. The number of rotatable bonds is 3. The number of para-hydroxylation sites is 1. The van der Waals surface area contributed by atoms with Crippen molar-refractivity contribution in [3.8, 4) is 0 Å². The highest BCUT2D eigenvalue weighted by molar-refractivity contribution is 5.97. The van der Waals surface area contributed by atoms with Crippen LogP contribution in [0.5, 0.6) is 0 Å². The zero-order valence-electron chi connectivity index (χ0n) is 8.29. The highest BCUT2D eigenvalue weighted by Gasteiger charge is 2.14. The fraction of sp³-hybridized carbons (Fsp3) is 0.0909. The molecule has 0 aliphatic carbocycles. The van der Waals surface area contributed by atoms with Crippen LogP contribution in [0.2, 0.25) is 0 Å². The molecule has 0 amide bonds. The predicted molar refractivity (Wildman–Crippen MR) is 57.9 cm³/mol. The molecule has 5 nitrogen and oxygen atoms in total. The lowest BCUT2D eigenvalue weighted by Crippen LogP contribution is -2.14. The Morgan fingerprint density at radius 1 is 1.25 bits per heavy atom. The van der Waals surface area contributed by atoms with E-state index in [-0.39, 0.29) is 5.69 Å². The number of hydrogen-bond acceptors (Lipinski definition) is 4. The van der Waals surface area contributed by atoms with Gasteiger partial charge in [-0.05, 0) is 12.1 Å². The topological polar surface area (TPSA) is 73.1 Å². The lowest BCUT2D eigenvalue weighted by Gasteiger charge is -1.99. The number of nitro groups is 1. The lowest BCUT2D eigenvalue weighted by molar-refractivity contribution is -0.465. The second kappa shape index (κ2) is 4.06. The monoisotopic (exact) mass is 216 g/mol. The highest BCUT2D eigenvalue weighted by Crippen LogP contribution is 2.11. The van der Waals surface area contributed by atoms with E-state index in [9.17, 15) is 14.9 Å². The summed E-state index contributed by atoms with van der Waals surface area (Å²) >= 11 is 0. The van der Waals surface area contributed by atoms with E-state index in [0.29, 0.717) is 5.52 Å². The van der Waals surface area contributed by atoms with Crippen molar-refractivity contribution in [2.45, 2.75) is 0 Å². The number of carbonyl (C=O) groups excluding carboxylic acids is 1. The normalized spacial score (nSPS) is 10.2. The smallest absolute Gasteiger partial charge is 0.267 e. The molecular weight excluding hydrogens is 208 g/mol. The molecule has 16 heavy (non-hydrogen) atoms. The Bertz CT molecular complexity index is 566. The van der Waals surface area contributed by atoms with E-state index in [4.69, 9.17) is 0 Å². The van der Waals surface area contributed by atoms with Gasteiger partial charge in [-0.1, -0.05) is 24.3 Å². The minimum atomic E-state index is -0.717. The predicted octanol–water partition coefficient (Wildman–Crippen LogP) is 1.69. The average Bonchev–Trinajstić information content (AvgIpc) is 2.27. The molecule has 1 heterocycles. The van der Waals surface area contributed by atoms with Crippen LogP contribution >= 0.6 is 0 Å². The number of carbonyl (C=O) groups is 1. The zero-order chi connectivity index (χ0) is 11.5. The Morgan fingerprint density at radius 2 is 2.00 bits per heavy atom. The maximum absolute atomic E-state index is 11.4. The van der Waals surface area contributed by atoms with Crippen LogP contribution in [-0.2, 0) is 0 Å². The summed E-state index contributed by atoms with van der Waals surface area (Å²) in [6.07, 6.45) is 0. The molecule has 0 radical (unpaired) electrons. The van der Waals surface area contributed by atoms with E-state index in [1.165, 1.54) is 6.07 Å². The summed E-state index contributed by atoms with van der Waals surface area (Å²) in [5.74, 6) is -0.573. The van der Waals surface area contributed by atoms with Crippen molar-refractivity contribution in [1.82, 2.24) is 4.98 Å². The van der Waals surface area contributed by atoms with E-state index in [2.05, 4.69) is 4.98 Å². The summed E-state index contributed by atoms with van der Waals surface area (Å²) in [7, 11) is 0. The van der Waals surface area contributed by atoms with Crippen LogP contribution in [0.15, 0.2) is 36.4 Å². The molecule has 0 saturated heterocycles. The fourth-order valence-electron chi connectivity index (χ4n) is 1.42. The lowest BCUT2D eigenvalue weighted by atomic mass is 10.2. The first-order chi connectivity index (χ1) is 7.66. The summed E-state index contributed by atoms with van der Waals surface area (Å²) in [6, 6.07) is 10.5. The molecule has 0 spiro atoms. The van der Waals surface area contributed by atoms with Crippen LogP contribution in [0.25, 0.3) is 10.9 Å². The Kier molecular flexibility index (Phi) is 2.59. The van der Waals surface area contributed by atoms with Gasteiger partial charge in [-0.25, -0.2) is 4.98 Å². The van der Waals surface area contributed by atoms with Gasteiger partial charge >= 0.3 is 0 Å². The minimum Gasteiger partial charge on any atom is -0.285 e. The summed E-state index contributed by atoms with van der Waals surface area (Å²) in [5.41, 5.74) is 0.798. The minimum absolute atomic E-state index is 0.135. The summed E-state index contributed by atoms with van der Waals surface area (Å²) in [4.78, 5) is 25.0. The Hall–Kier alpha value is -2.30. The van der Waals surface area contributed by atoms with Crippen LogP contribution in [0.4, 0.5) is 0 Å². The second-order valence-corrected chi connectivity index (χ2v) is 3.30. The molecule has 0 atom stereocenters. The van der Waals surface area contributed by atoms with Crippen LogP contribution in [0.1, 0.15) is 10.5 Å². The van der Waals surface area contributed by atoms with Gasteiger partial charge in [-0.15, -0.1) is 0 Å². The van der Waals surface area contributed by atoms with Gasteiger partial charge in [0, 0.05) is 10.3 Å². The molecule has 1 aromatic heterocycles. The van der Waals surface area contributed by atoms with Crippen LogP contribution in [-0.4, -0.2) is 22.2 Å². The van der Waals surface area contributed by atoms with Crippen molar-refractivity contribution in [3.05, 3.63) is 52.2 Å². The van der Waals surface area contributed by atoms with E-state index in [0.717, 1.165) is 5.39 Å². The molecule has 0 N–H and O–H groups in total. The quantitative estimate of drug-likeness (QED) is 0.444. The fourth-order valence-corrected chi connectivity index (χ4v) is 1.42. The molecule has 5 heteroatoms. The maximum atomic E-state index is 11.4. The summed E-state index contributed by atoms with van der Waals surface area (Å²) < 4.78 is 0. The number of pyridine rings is 1. The first kappa shape index (κ1) is 10.2. The van der Waals surface area contributed by atoms with Gasteiger partial charge in [0.15, 0.2) is 0 Å². The molecule has 0 unspecified atom stereocenters. The van der Waals surface area contributed by atoms with E-state index in [1.54, 1.807) is 18.2 Å². The number of hydrogen-bond donors (Lipinski definition) is 0. The number of fused-ring (bicyclic) bond motifs is 1. The molecule has 2 rings (SSSR count). The van der Waals surface area contributed by atoms with Crippen molar-refractivity contribution in [3.63, 3.8) is 0 Å². The first-order valence-corrected chi connectivity index (χ1v) is 4.67. The highest BCUT2D eigenvalue weighted by atomic mass is 16.6. The van der Waals surface area contributed by atoms with Gasteiger partial charge in [-0.2, -0.15) is 0 Å². The van der Waals surface area contributed by atoms with E-state index < -0.39 is 17.3 Å². The number of benzene rings is 1. The standard InChI is InChI=1S/C11H8N2O3/c14-11(7-13(15)16)10-6-5-8-3-1-2-4-9(8)12-10/h1-6H,7H2. The first-order valence-electron chi connectivity index (χ1n) is 4.67. The third kappa shape index (κ3) is 2.03. The van der Waals surface area contributed by atoms with Gasteiger partial charge in [0.2, 0.25) is 0 Å². The number of aromatic nitrogens is 1. The van der Waals surface area contributed by atoms with Gasteiger partial charge in [0.25, 0.3) is 12.3 Å². The number of nitrogens with zero attached hydrogens (tertiary/aromatic N) is 2. The van der Waals surface area contributed by atoms with Gasteiger partial charge in [0.05, 0.1) is 5.52 Å². The van der Waals surface area contributed by atoms with Crippen molar-refractivity contribution in [2.24, 2.45) is 0 Å². The van der Waals surface area contributed by atoms with Crippen molar-refractivity contribution < 1.29 is 9.72 Å². The number of Topliss-reactive ketones (excluding diaryl/α,β-unsaturated/α-hetero) is 1. The van der Waals surface area contributed by atoms with Crippen molar-refractivity contribution in [2.75, 3.05) is 6.54 Å². The van der Waals surface area contributed by atoms with Crippen LogP contribution < -0.4 is 0 Å². The average molecular weight is 216 g/mol. The van der Waals surface area contributed by atoms with E-state index in [1.807, 2.05) is 12.1 Å². The van der Waals surface area contributed by atoms with E-state index >= 15 is 0 Å². The van der Waals surface area contributed by atoms with Gasteiger partial charge < -0.3 is 0 Å². The van der Waals surface area contributed by atoms with Crippen molar-refractivity contribution >= 4 is 16.7 Å². The molecule has 0 aliphatic heterocycles. The van der Waals surface area contributed by atoms with Crippen molar-refractivity contribution in [1.29, 1.82) is 0 Å². The molecule has 2 aromatic rings. The number of ketones is 1. The second-order valence-electron chi connectivity index (χ2n) is 3.30. The summed E-state index contributed by atoms with van der Waals surface area (Å²) in [6.45, 7) is -0.717. The Morgan fingerprint density at radius 3 is 2.75 bits per heavy atom. The molecule has 1 aromatic carbocycles. The summed E-state index contributed by atoms with van der Waals surface area (Å²) in [5, 5.41) is 11.1. The molecular formula is C11H8N2O3. The van der Waals surface area contributed by atoms with Gasteiger partial charge in [-0.3, -0.25) is 14.9 Å².